The third kappa shape index (κ3) is 2.56. The smallest absolute Gasteiger partial charge is 0.335 e. The van der Waals surface area contributed by atoms with Crippen LogP contribution in [0.3, 0.4) is 0 Å². The molecular formula is C10H11BrO2. The van der Waals surface area contributed by atoms with Crippen LogP contribution in [-0.2, 0) is 6.42 Å². The molecule has 0 aliphatic rings. The minimum Gasteiger partial charge on any atom is -0.478 e. The second-order valence-electron chi connectivity index (χ2n) is 2.89. The van der Waals surface area contributed by atoms with E-state index in [0.717, 1.165) is 17.3 Å². The van der Waals surface area contributed by atoms with E-state index in [2.05, 4.69) is 15.9 Å². The van der Waals surface area contributed by atoms with Crippen molar-refractivity contribution in [2.45, 2.75) is 13.3 Å². The number of carboxylic acids is 1. The van der Waals surface area contributed by atoms with Gasteiger partial charge in [-0.2, -0.15) is 0 Å². The fourth-order valence-corrected chi connectivity index (χ4v) is 1.64. The Hall–Kier alpha value is -0.830. The number of halogens is 1. The van der Waals surface area contributed by atoms with Crippen LogP contribution in [0.2, 0.25) is 0 Å². The number of hydrogen-bond acceptors (Lipinski definition) is 1. The molecule has 0 unspecified atom stereocenters. The average Bonchev–Trinajstić information content (AvgIpc) is 2.08. The van der Waals surface area contributed by atoms with E-state index < -0.39 is 5.97 Å². The number of hydrogen-bond donors (Lipinski definition) is 1. The molecule has 1 aromatic carbocycles. The van der Waals surface area contributed by atoms with E-state index in [1.165, 1.54) is 5.56 Å². The van der Waals surface area contributed by atoms with Gasteiger partial charge in [-0.25, -0.2) is 4.79 Å². The molecule has 0 bridgehead atoms. The van der Waals surface area contributed by atoms with Gasteiger partial charge >= 0.3 is 5.97 Å². The standard InChI is InChI=1S/C10H11BrO2/c1-7-6-9(10(12)13)3-2-8(7)4-5-11/h2-3,6H,4-5H2,1H3,(H,12,13). The van der Waals surface area contributed by atoms with Crippen molar-refractivity contribution in [1.29, 1.82) is 0 Å². The number of aromatic carboxylic acids is 1. The number of rotatable bonds is 3. The SMILES string of the molecule is Cc1cc(C(=O)O)ccc1CCBr. The highest BCUT2D eigenvalue weighted by Crippen LogP contribution is 2.12. The minimum atomic E-state index is -0.867. The first-order valence-electron chi connectivity index (χ1n) is 4.04. The summed E-state index contributed by atoms with van der Waals surface area (Å²) in [6.07, 6.45) is 0.936. The van der Waals surface area contributed by atoms with E-state index in [-0.39, 0.29) is 0 Å². The highest BCUT2D eigenvalue weighted by molar-refractivity contribution is 9.09. The molecule has 0 fully saturated rings. The summed E-state index contributed by atoms with van der Waals surface area (Å²) in [6.45, 7) is 1.93. The van der Waals surface area contributed by atoms with Crippen molar-refractivity contribution in [3.63, 3.8) is 0 Å². The molecule has 3 heteroatoms. The lowest BCUT2D eigenvalue weighted by Gasteiger charge is -2.04. The van der Waals surface area contributed by atoms with Crippen molar-refractivity contribution in [2.24, 2.45) is 0 Å². The molecule has 13 heavy (non-hydrogen) atoms. The Labute approximate surface area is 85.7 Å². The zero-order chi connectivity index (χ0) is 9.84. The number of carbonyl (C=O) groups is 1. The predicted molar refractivity (Wildman–Crippen MR) is 55.6 cm³/mol. The van der Waals surface area contributed by atoms with Gasteiger partial charge in [0.25, 0.3) is 0 Å². The summed E-state index contributed by atoms with van der Waals surface area (Å²) in [7, 11) is 0. The first-order chi connectivity index (χ1) is 6.15. The van der Waals surface area contributed by atoms with Gasteiger partial charge in [-0.05, 0) is 36.6 Å². The van der Waals surface area contributed by atoms with E-state index in [1.807, 2.05) is 13.0 Å². The molecule has 1 rings (SSSR count). The van der Waals surface area contributed by atoms with Crippen LogP contribution in [0.15, 0.2) is 18.2 Å². The molecule has 70 valence electrons. The number of alkyl halides is 1. The third-order valence-electron chi connectivity index (χ3n) is 1.95. The molecule has 0 heterocycles. The Morgan fingerprint density at radius 1 is 1.54 bits per heavy atom. The van der Waals surface area contributed by atoms with Gasteiger partial charge in [-0.15, -0.1) is 0 Å². The first-order valence-corrected chi connectivity index (χ1v) is 5.16. The van der Waals surface area contributed by atoms with Gasteiger partial charge in [0.15, 0.2) is 0 Å². The second kappa shape index (κ2) is 4.42. The average molecular weight is 243 g/mol. The van der Waals surface area contributed by atoms with Crippen LogP contribution in [0.5, 0.6) is 0 Å². The molecule has 0 spiro atoms. The van der Waals surface area contributed by atoms with Crippen LogP contribution >= 0.6 is 15.9 Å². The van der Waals surface area contributed by atoms with Crippen molar-refractivity contribution in [3.05, 3.63) is 34.9 Å². The maximum absolute atomic E-state index is 10.6. The molecule has 1 aromatic rings. The van der Waals surface area contributed by atoms with E-state index in [1.54, 1.807) is 12.1 Å². The topological polar surface area (TPSA) is 37.3 Å². The molecule has 0 saturated carbocycles. The summed E-state index contributed by atoms with van der Waals surface area (Å²) in [5, 5.41) is 9.62. The predicted octanol–water partition coefficient (Wildman–Crippen LogP) is 2.63. The lowest BCUT2D eigenvalue weighted by Crippen LogP contribution is -1.99. The summed E-state index contributed by atoms with van der Waals surface area (Å²) < 4.78 is 0. The van der Waals surface area contributed by atoms with Crippen molar-refractivity contribution in [3.8, 4) is 0 Å². The van der Waals surface area contributed by atoms with E-state index in [9.17, 15) is 4.79 Å². The number of benzene rings is 1. The van der Waals surface area contributed by atoms with Crippen molar-refractivity contribution in [1.82, 2.24) is 0 Å². The van der Waals surface area contributed by atoms with Gasteiger partial charge < -0.3 is 5.11 Å². The quantitative estimate of drug-likeness (QED) is 0.828. The van der Waals surface area contributed by atoms with Crippen LogP contribution in [0.1, 0.15) is 21.5 Å². The Morgan fingerprint density at radius 2 is 2.23 bits per heavy atom. The van der Waals surface area contributed by atoms with Gasteiger partial charge in [0.05, 0.1) is 5.56 Å². The number of carboxylic acid groups (broad SMARTS) is 1. The van der Waals surface area contributed by atoms with Crippen molar-refractivity contribution in [2.75, 3.05) is 5.33 Å². The van der Waals surface area contributed by atoms with Crippen LogP contribution in [0.25, 0.3) is 0 Å². The molecular weight excluding hydrogens is 232 g/mol. The second-order valence-corrected chi connectivity index (χ2v) is 3.68. The normalized spacial score (nSPS) is 10.0. The zero-order valence-corrected chi connectivity index (χ0v) is 8.97. The summed E-state index contributed by atoms with van der Waals surface area (Å²) in [5.74, 6) is -0.867. The lowest BCUT2D eigenvalue weighted by atomic mass is 10.0. The Kier molecular flexibility index (Phi) is 3.48. The molecule has 0 amide bonds. The third-order valence-corrected chi connectivity index (χ3v) is 2.35. The Morgan fingerprint density at radius 3 is 2.69 bits per heavy atom. The molecule has 2 nitrogen and oxygen atoms in total. The fraction of sp³-hybridized carbons (Fsp3) is 0.300. The van der Waals surface area contributed by atoms with E-state index in [0.29, 0.717) is 5.56 Å². The molecule has 0 atom stereocenters. The maximum atomic E-state index is 10.6. The van der Waals surface area contributed by atoms with Gasteiger partial charge in [0.2, 0.25) is 0 Å². The molecule has 0 aromatic heterocycles. The van der Waals surface area contributed by atoms with Crippen molar-refractivity contribution >= 4 is 21.9 Å². The number of aryl methyl sites for hydroxylation is 2. The van der Waals surface area contributed by atoms with E-state index >= 15 is 0 Å². The fourth-order valence-electron chi connectivity index (χ4n) is 1.21. The van der Waals surface area contributed by atoms with Gasteiger partial charge in [-0.3, -0.25) is 0 Å². The lowest BCUT2D eigenvalue weighted by molar-refractivity contribution is 0.0697. The summed E-state index contributed by atoms with van der Waals surface area (Å²) >= 11 is 3.35. The Balaban J connectivity index is 2.98. The largest absolute Gasteiger partial charge is 0.478 e. The van der Waals surface area contributed by atoms with Gasteiger partial charge in [-0.1, -0.05) is 22.0 Å². The highest BCUT2D eigenvalue weighted by atomic mass is 79.9. The highest BCUT2D eigenvalue weighted by Gasteiger charge is 2.04. The van der Waals surface area contributed by atoms with Crippen molar-refractivity contribution < 1.29 is 9.90 Å². The monoisotopic (exact) mass is 242 g/mol. The van der Waals surface area contributed by atoms with Crippen LogP contribution in [0.4, 0.5) is 0 Å². The van der Waals surface area contributed by atoms with Gasteiger partial charge in [0.1, 0.15) is 0 Å². The molecule has 0 radical (unpaired) electrons. The molecule has 0 aliphatic heterocycles. The van der Waals surface area contributed by atoms with Crippen LogP contribution in [-0.4, -0.2) is 16.4 Å². The molecule has 0 aliphatic carbocycles. The zero-order valence-electron chi connectivity index (χ0n) is 7.38. The Bertz CT molecular complexity index is 321. The summed E-state index contributed by atoms with van der Waals surface area (Å²) in [4.78, 5) is 10.6. The van der Waals surface area contributed by atoms with Crippen LogP contribution < -0.4 is 0 Å². The molecule has 0 saturated heterocycles. The molecule has 1 N–H and O–H groups in total. The maximum Gasteiger partial charge on any atom is 0.335 e. The van der Waals surface area contributed by atoms with Gasteiger partial charge in [0, 0.05) is 5.33 Å². The summed E-state index contributed by atoms with van der Waals surface area (Å²) in [6, 6.07) is 5.23. The first kappa shape index (κ1) is 10.3. The summed E-state index contributed by atoms with van der Waals surface area (Å²) in [5.41, 5.74) is 2.59. The minimum absolute atomic E-state index is 0.357. The van der Waals surface area contributed by atoms with E-state index in [4.69, 9.17) is 5.11 Å². The van der Waals surface area contributed by atoms with Crippen LogP contribution in [0, 0.1) is 6.92 Å².